The number of anilines is 3. The number of hydrogen-bond acceptors (Lipinski definition) is 4. The summed E-state index contributed by atoms with van der Waals surface area (Å²) in [7, 11) is 0. The second-order valence-electron chi connectivity index (χ2n) is 4.16. The third-order valence-corrected chi connectivity index (χ3v) is 3.15. The number of rotatable bonds is 2. The molecule has 0 aliphatic rings. The average molecular weight is 315 g/mol. The fourth-order valence-corrected chi connectivity index (χ4v) is 2.27. The van der Waals surface area contributed by atoms with Gasteiger partial charge in [-0.05, 0) is 34.1 Å². The smallest absolute Gasteiger partial charge is 0.0937 e. The van der Waals surface area contributed by atoms with Crippen LogP contribution >= 0.6 is 15.9 Å². The maximum atomic E-state index is 5.72. The summed E-state index contributed by atoms with van der Waals surface area (Å²) in [6.07, 6.45) is 5.13. The Balaban J connectivity index is 2.06. The Morgan fingerprint density at radius 1 is 1.11 bits per heavy atom. The molecule has 19 heavy (non-hydrogen) atoms. The normalized spacial score (nSPS) is 10.6. The Kier molecular flexibility index (Phi) is 3.05. The summed E-state index contributed by atoms with van der Waals surface area (Å²) >= 11 is 3.42. The fraction of sp³-hybridized carbons (Fsp3) is 0. The van der Waals surface area contributed by atoms with Crippen LogP contribution in [0.4, 0.5) is 17.1 Å². The predicted octanol–water partition coefficient (Wildman–Crippen LogP) is 3.72. The van der Waals surface area contributed by atoms with E-state index in [-0.39, 0.29) is 0 Å². The van der Waals surface area contributed by atoms with E-state index in [0.29, 0.717) is 5.69 Å². The van der Waals surface area contributed by atoms with Crippen LogP contribution in [0.1, 0.15) is 0 Å². The van der Waals surface area contributed by atoms with E-state index in [1.165, 1.54) is 0 Å². The lowest BCUT2D eigenvalue weighted by atomic mass is 10.2. The van der Waals surface area contributed by atoms with Crippen LogP contribution in [0.2, 0.25) is 0 Å². The lowest BCUT2D eigenvalue weighted by Crippen LogP contribution is -1.95. The van der Waals surface area contributed by atoms with Gasteiger partial charge in [0.05, 0.1) is 28.8 Å². The second kappa shape index (κ2) is 4.85. The number of benzene rings is 1. The van der Waals surface area contributed by atoms with Crippen LogP contribution in [0.25, 0.3) is 10.9 Å². The highest BCUT2D eigenvalue weighted by Crippen LogP contribution is 2.26. The van der Waals surface area contributed by atoms with E-state index in [9.17, 15) is 0 Å². The predicted molar refractivity (Wildman–Crippen MR) is 81.4 cm³/mol. The molecule has 0 bridgehead atoms. The van der Waals surface area contributed by atoms with E-state index in [0.717, 1.165) is 26.8 Å². The third kappa shape index (κ3) is 2.51. The van der Waals surface area contributed by atoms with Crippen LogP contribution in [-0.4, -0.2) is 9.97 Å². The van der Waals surface area contributed by atoms with Crippen molar-refractivity contribution in [2.75, 3.05) is 11.1 Å². The molecular weight excluding hydrogens is 304 g/mol. The van der Waals surface area contributed by atoms with E-state index in [4.69, 9.17) is 5.73 Å². The van der Waals surface area contributed by atoms with Gasteiger partial charge in [0.15, 0.2) is 0 Å². The average Bonchev–Trinajstić information content (AvgIpc) is 2.38. The van der Waals surface area contributed by atoms with Gasteiger partial charge in [-0.2, -0.15) is 0 Å². The number of nitrogen functional groups attached to an aromatic ring is 1. The monoisotopic (exact) mass is 314 g/mol. The number of para-hydroxylation sites is 1. The van der Waals surface area contributed by atoms with E-state index in [1.54, 1.807) is 18.6 Å². The summed E-state index contributed by atoms with van der Waals surface area (Å²) in [4.78, 5) is 8.50. The highest BCUT2D eigenvalue weighted by molar-refractivity contribution is 9.10. The van der Waals surface area contributed by atoms with Crippen molar-refractivity contribution in [1.29, 1.82) is 0 Å². The summed E-state index contributed by atoms with van der Waals surface area (Å²) in [6, 6.07) is 9.86. The number of nitrogens with two attached hydrogens (primary N) is 1. The van der Waals surface area contributed by atoms with Crippen molar-refractivity contribution in [1.82, 2.24) is 9.97 Å². The molecule has 0 spiro atoms. The van der Waals surface area contributed by atoms with Gasteiger partial charge in [0, 0.05) is 22.3 Å². The minimum Gasteiger partial charge on any atom is -0.397 e. The van der Waals surface area contributed by atoms with E-state index >= 15 is 0 Å². The minimum absolute atomic E-state index is 0.626. The van der Waals surface area contributed by atoms with Gasteiger partial charge in [-0.15, -0.1) is 0 Å². The molecule has 94 valence electrons. The van der Waals surface area contributed by atoms with Gasteiger partial charge >= 0.3 is 0 Å². The van der Waals surface area contributed by atoms with Crippen molar-refractivity contribution in [3.63, 3.8) is 0 Å². The molecule has 0 aliphatic carbocycles. The Morgan fingerprint density at radius 2 is 2.00 bits per heavy atom. The summed E-state index contributed by atoms with van der Waals surface area (Å²) in [5.74, 6) is 0. The molecule has 1 aromatic carbocycles. The molecule has 0 radical (unpaired) electrons. The molecule has 5 heteroatoms. The van der Waals surface area contributed by atoms with E-state index in [1.807, 2.05) is 30.3 Å². The van der Waals surface area contributed by atoms with Gasteiger partial charge in [0.25, 0.3) is 0 Å². The Labute approximate surface area is 118 Å². The van der Waals surface area contributed by atoms with Crippen LogP contribution in [0.5, 0.6) is 0 Å². The maximum absolute atomic E-state index is 5.72. The summed E-state index contributed by atoms with van der Waals surface area (Å²) < 4.78 is 0.961. The lowest BCUT2D eigenvalue weighted by molar-refractivity contribution is 1.32. The molecule has 0 aliphatic heterocycles. The number of pyridine rings is 2. The highest BCUT2D eigenvalue weighted by atomic mass is 79.9. The number of fused-ring (bicyclic) bond motifs is 1. The van der Waals surface area contributed by atoms with Crippen molar-refractivity contribution < 1.29 is 0 Å². The SMILES string of the molecule is Nc1cncc(Nc2cccc3cc(Br)cnc23)c1. The molecule has 2 heterocycles. The molecular formula is C14H11BrN4. The third-order valence-electron chi connectivity index (χ3n) is 2.72. The Bertz CT molecular complexity index is 742. The number of hydrogen-bond donors (Lipinski definition) is 2. The molecule has 0 amide bonds. The highest BCUT2D eigenvalue weighted by Gasteiger charge is 2.03. The van der Waals surface area contributed by atoms with Crippen LogP contribution in [0.15, 0.2) is 53.4 Å². The van der Waals surface area contributed by atoms with Crippen molar-refractivity contribution in [2.24, 2.45) is 0 Å². The van der Waals surface area contributed by atoms with Gasteiger partial charge in [-0.1, -0.05) is 12.1 Å². The molecule has 0 fully saturated rings. The quantitative estimate of drug-likeness (QED) is 0.756. The zero-order chi connectivity index (χ0) is 13.2. The van der Waals surface area contributed by atoms with E-state index in [2.05, 4.69) is 31.2 Å². The van der Waals surface area contributed by atoms with Gasteiger partial charge in [-0.25, -0.2) is 0 Å². The van der Waals surface area contributed by atoms with Gasteiger partial charge in [0.2, 0.25) is 0 Å². The fourth-order valence-electron chi connectivity index (χ4n) is 1.92. The minimum atomic E-state index is 0.626. The number of nitrogens with zero attached hydrogens (tertiary/aromatic N) is 2. The summed E-state index contributed by atoms with van der Waals surface area (Å²) in [5.41, 5.74) is 9.03. The first-order valence-electron chi connectivity index (χ1n) is 5.74. The van der Waals surface area contributed by atoms with Gasteiger partial charge in [0.1, 0.15) is 0 Å². The molecule has 0 saturated carbocycles. The molecule has 3 aromatic rings. The first kappa shape index (κ1) is 11.9. The van der Waals surface area contributed by atoms with Crippen LogP contribution in [-0.2, 0) is 0 Å². The molecule has 3 rings (SSSR count). The van der Waals surface area contributed by atoms with Crippen molar-refractivity contribution in [2.45, 2.75) is 0 Å². The molecule has 2 aromatic heterocycles. The molecule has 0 atom stereocenters. The van der Waals surface area contributed by atoms with E-state index < -0.39 is 0 Å². The number of nitrogens with one attached hydrogen (secondary N) is 1. The van der Waals surface area contributed by atoms with Crippen LogP contribution in [0.3, 0.4) is 0 Å². The zero-order valence-electron chi connectivity index (χ0n) is 9.97. The van der Waals surface area contributed by atoms with Crippen molar-refractivity contribution in [3.05, 3.63) is 53.4 Å². The summed E-state index contributed by atoms with van der Waals surface area (Å²) in [6.45, 7) is 0. The molecule has 0 unspecified atom stereocenters. The second-order valence-corrected chi connectivity index (χ2v) is 5.08. The Hall–Kier alpha value is -2.14. The van der Waals surface area contributed by atoms with Crippen LogP contribution in [0, 0.1) is 0 Å². The zero-order valence-corrected chi connectivity index (χ0v) is 11.6. The van der Waals surface area contributed by atoms with Crippen molar-refractivity contribution in [3.8, 4) is 0 Å². The largest absolute Gasteiger partial charge is 0.397 e. The van der Waals surface area contributed by atoms with Gasteiger partial charge in [-0.3, -0.25) is 9.97 Å². The molecule has 0 saturated heterocycles. The molecule has 3 N–H and O–H groups in total. The standard InChI is InChI=1S/C14H11BrN4/c15-10-4-9-2-1-3-13(14(9)18-6-10)19-12-5-11(16)7-17-8-12/h1-8,19H,16H2. The first-order valence-corrected chi connectivity index (χ1v) is 6.53. The number of aromatic nitrogens is 2. The maximum Gasteiger partial charge on any atom is 0.0937 e. The van der Waals surface area contributed by atoms with Crippen molar-refractivity contribution >= 4 is 43.9 Å². The number of halogens is 1. The first-order chi connectivity index (χ1) is 9.22. The topological polar surface area (TPSA) is 63.8 Å². The van der Waals surface area contributed by atoms with Crippen LogP contribution < -0.4 is 11.1 Å². The summed E-state index contributed by atoms with van der Waals surface area (Å²) in [5, 5.41) is 4.35. The lowest BCUT2D eigenvalue weighted by Gasteiger charge is -2.09. The Morgan fingerprint density at radius 3 is 2.84 bits per heavy atom. The molecule has 4 nitrogen and oxygen atoms in total. The van der Waals surface area contributed by atoms with Gasteiger partial charge < -0.3 is 11.1 Å².